The number of nitrogens with zero attached hydrogens (tertiary/aromatic N) is 1. The largest absolute Gasteiger partial charge is 0 e. The molecule has 0 spiro atoms. The molecular weight excluding hydrogens is 754 g/mol. The van der Waals surface area contributed by atoms with Crippen LogP contribution in [-0.4, -0.2) is 38.5 Å². The third-order valence-corrected chi connectivity index (χ3v) is 13.4. The first-order valence-electron chi connectivity index (χ1n) is 13.4. The van der Waals surface area contributed by atoms with Crippen LogP contribution >= 0.6 is 0 Å². The second-order valence-corrected chi connectivity index (χ2v) is 19.6. The van der Waals surface area contributed by atoms with Gasteiger partial charge < -0.3 is 5.11 Å². The van der Waals surface area contributed by atoms with Crippen LogP contribution in [0.4, 0.5) is 0 Å². The number of ketones is 1. The number of hydrogen-bond donors (Lipinski definition) is 1. The molecule has 0 amide bonds. The molecule has 3 aromatic carbocycles. The molecule has 6 rings (SSSR count). The summed E-state index contributed by atoms with van der Waals surface area (Å²) in [5.74, 6) is 0.104. The van der Waals surface area contributed by atoms with E-state index in [1.54, 1.807) is 5.19 Å². The summed E-state index contributed by atoms with van der Waals surface area (Å²) in [7, 11) is -1.87. The number of aliphatic hydroxyl groups excluding tert-OH is 1. The van der Waals surface area contributed by atoms with Crippen LogP contribution in [0, 0.1) is 16.9 Å². The van der Waals surface area contributed by atoms with E-state index in [9.17, 15) is 9.90 Å². The third kappa shape index (κ3) is 5.45. The zero-order chi connectivity index (χ0) is 28.3. The maximum Gasteiger partial charge on any atom is 0 e. The van der Waals surface area contributed by atoms with Gasteiger partial charge in [-0.2, -0.15) is 0 Å². The van der Waals surface area contributed by atoms with Crippen LogP contribution in [0.5, 0.6) is 0 Å². The number of fused-ring (bicyclic) bond motifs is 3. The van der Waals surface area contributed by atoms with Gasteiger partial charge in [-0.25, -0.2) is 0 Å². The maximum atomic E-state index is 11.5. The van der Waals surface area contributed by atoms with Crippen molar-refractivity contribution in [2.45, 2.75) is 54.6 Å². The van der Waals surface area contributed by atoms with Crippen molar-refractivity contribution in [1.29, 1.82) is 0 Å². The van der Waals surface area contributed by atoms with Crippen molar-refractivity contribution in [3.05, 3.63) is 78.6 Å². The van der Waals surface area contributed by atoms with Crippen molar-refractivity contribution in [3.63, 3.8) is 0 Å². The van der Waals surface area contributed by atoms with Gasteiger partial charge in [-0.15, -0.1) is 0 Å². The smallest absolute Gasteiger partial charge is 0 e. The minimum Gasteiger partial charge on any atom is 0 e. The molecule has 0 saturated heterocycles. The van der Waals surface area contributed by atoms with Crippen LogP contribution in [-0.2, 0) is 24.9 Å². The van der Waals surface area contributed by atoms with E-state index in [1.165, 1.54) is 41.5 Å². The molecule has 1 aliphatic heterocycles. The summed E-state index contributed by atoms with van der Waals surface area (Å²) in [4.78, 5) is 16.7. The molecule has 3 heterocycles. The molecule has 0 bridgehead atoms. The zero-order valence-electron chi connectivity index (χ0n) is 24.4. The second kappa shape index (κ2) is 10.8. The van der Waals surface area contributed by atoms with E-state index in [2.05, 4.69) is 79.8 Å². The van der Waals surface area contributed by atoms with E-state index in [0.717, 1.165) is 11.2 Å². The van der Waals surface area contributed by atoms with Gasteiger partial charge in [0.05, 0.1) is 0 Å². The van der Waals surface area contributed by atoms with E-state index in [-0.39, 0.29) is 37.1 Å². The van der Waals surface area contributed by atoms with Crippen molar-refractivity contribution in [3.8, 4) is 11.3 Å². The zero-order valence-corrected chi connectivity index (χ0v) is 29.5. The quantitative estimate of drug-likeness (QED) is 0.0841. The molecule has 0 fully saturated rings. The molecule has 6 heteroatoms. The van der Waals surface area contributed by atoms with Crippen molar-refractivity contribution in [1.82, 2.24) is 4.98 Å². The molecule has 1 aliphatic rings. The Morgan fingerprint density at radius 1 is 0.900 bits per heavy atom. The summed E-state index contributed by atoms with van der Waals surface area (Å²) < 4.78 is 3.02. The Morgan fingerprint density at radius 2 is 1.57 bits per heavy atom. The molecule has 1 radical (unpaired) electrons. The number of carbonyl (C=O) groups excluding carboxylic acids is 1. The van der Waals surface area contributed by atoms with Crippen molar-refractivity contribution >= 4 is 68.9 Å². The average molecular weight is 790 g/mol. The van der Waals surface area contributed by atoms with Gasteiger partial charge in [-0.05, 0) is 0 Å². The molecular formula is C34H36IrNO2SeSi-. The Labute approximate surface area is 257 Å². The van der Waals surface area contributed by atoms with Gasteiger partial charge in [-0.3, -0.25) is 4.79 Å². The van der Waals surface area contributed by atoms with Gasteiger partial charge in [-0.1, -0.05) is 41.5 Å². The summed E-state index contributed by atoms with van der Waals surface area (Å²) in [6, 6.07) is 25.8. The third-order valence-electron chi connectivity index (χ3n) is 7.54. The molecule has 2 aromatic heterocycles. The molecule has 0 saturated carbocycles. The van der Waals surface area contributed by atoms with Gasteiger partial charge in [0, 0.05) is 37.0 Å². The Morgan fingerprint density at radius 3 is 2.25 bits per heavy atom. The number of aromatic nitrogens is 1. The van der Waals surface area contributed by atoms with Crippen LogP contribution < -0.4 is 10.4 Å². The number of aliphatic hydroxyl groups is 1. The standard InChI is InChI=1S/C23H16NSeSi.C11H20O2.Ir/c1-26(2)19-12-6-11-18-22(19)21-15(8-5-10-17(21)25-18)23-20(26)13-14-7-3-4-9-16(14)24-23;1-10(2,3)8(12)7-9(13)11(4,5)6;/h3-7,9-13H,1-2H3;7,12H,1-6H3;/q-1;;/b;8-7-;. The topological polar surface area (TPSA) is 50.2 Å². The predicted octanol–water partition coefficient (Wildman–Crippen LogP) is 7.29. The van der Waals surface area contributed by atoms with Gasteiger partial charge >= 0.3 is 159 Å². The molecule has 209 valence electrons. The minimum absolute atomic E-state index is 0. The Balaban J connectivity index is 0.000000229. The molecule has 0 atom stereocenters. The maximum absolute atomic E-state index is 11.5. The fraction of sp³-hybridized carbons (Fsp3) is 0.294. The summed E-state index contributed by atoms with van der Waals surface area (Å²) in [5.41, 5.74) is 2.70. The fourth-order valence-corrected chi connectivity index (χ4v) is 10.6. The summed E-state index contributed by atoms with van der Waals surface area (Å²) in [6.45, 7) is 16.1. The summed E-state index contributed by atoms with van der Waals surface area (Å²) in [6.07, 6.45) is 1.33. The van der Waals surface area contributed by atoms with E-state index >= 15 is 0 Å². The number of benzene rings is 3. The van der Waals surface area contributed by atoms with E-state index in [1.807, 2.05) is 41.5 Å². The molecule has 1 N–H and O–H groups in total. The number of hydrogen-bond acceptors (Lipinski definition) is 3. The molecule has 3 nitrogen and oxygen atoms in total. The molecule has 0 aliphatic carbocycles. The number of rotatable bonds is 1. The first-order chi connectivity index (χ1) is 18.2. The number of para-hydroxylation sites is 1. The van der Waals surface area contributed by atoms with Crippen molar-refractivity contribution in [2.75, 3.05) is 0 Å². The number of allylic oxidation sites excluding steroid dienone is 2. The number of carbonyl (C=O) groups is 1. The van der Waals surface area contributed by atoms with E-state index in [4.69, 9.17) is 4.98 Å². The minimum atomic E-state index is -1.87. The molecule has 5 aromatic rings. The predicted molar refractivity (Wildman–Crippen MR) is 169 cm³/mol. The van der Waals surface area contributed by atoms with Crippen molar-refractivity contribution < 1.29 is 30.0 Å². The average Bonchev–Trinajstić information content (AvgIpc) is 3.22. The SMILES string of the molecule is CC(C)(C)C(=O)/C=C(\O)C(C)(C)C.C[Si]1(C)c2cc3ccccc3nc2-c2[c-]ccc3[se]c4cccc1c4c23.[Ir]. The first-order valence-corrected chi connectivity index (χ1v) is 18.1. The normalized spacial score (nSPS) is 14.3. The fourth-order valence-electron chi connectivity index (χ4n) is 5.00. The van der Waals surface area contributed by atoms with Crippen LogP contribution in [0.15, 0.2) is 72.5 Å². The van der Waals surface area contributed by atoms with Gasteiger partial charge in [0.2, 0.25) is 0 Å². The Hall–Kier alpha value is -2.33. The van der Waals surface area contributed by atoms with Crippen LogP contribution in [0.25, 0.3) is 41.5 Å². The monoisotopic (exact) mass is 791 g/mol. The Kier molecular flexibility index (Phi) is 8.28. The molecule has 40 heavy (non-hydrogen) atoms. The van der Waals surface area contributed by atoms with Crippen molar-refractivity contribution in [2.24, 2.45) is 10.8 Å². The second-order valence-electron chi connectivity index (χ2n) is 13.0. The Bertz CT molecular complexity index is 1790. The van der Waals surface area contributed by atoms with Gasteiger partial charge in [0.1, 0.15) is 5.76 Å². The van der Waals surface area contributed by atoms with E-state index < -0.39 is 13.5 Å². The summed E-state index contributed by atoms with van der Waals surface area (Å²) in [5, 5.41) is 16.7. The van der Waals surface area contributed by atoms with Gasteiger partial charge in [0.15, 0.2) is 5.78 Å². The number of pyridine rings is 1. The first kappa shape index (κ1) is 30.6. The van der Waals surface area contributed by atoms with Gasteiger partial charge in [0.25, 0.3) is 0 Å². The molecule has 0 unspecified atom stereocenters. The van der Waals surface area contributed by atoms with E-state index in [0.29, 0.717) is 14.5 Å². The van der Waals surface area contributed by atoms with Crippen LogP contribution in [0.2, 0.25) is 13.1 Å². The van der Waals surface area contributed by atoms with Crippen LogP contribution in [0.3, 0.4) is 0 Å². The van der Waals surface area contributed by atoms with Crippen LogP contribution in [0.1, 0.15) is 41.5 Å². The summed E-state index contributed by atoms with van der Waals surface area (Å²) >= 11 is 0.392.